The lowest BCUT2D eigenvalue weighted by Crippen LogP contribution is -2.55. The molecule has 0 saturated carbocycles. The van der Waals surface area contributed by atoms with Crippen molar-refractivity contribution in [3.8, 4) is 0 Å². The maximum Gasteiger partial charge on any atom is 0.410 e. The van der Waals surface area contributed by atoms with E-state index in [9.17, 15) is 39.7 Å². The summed E-state index contributed by atoms with van der Waals surface area (Å²) in [5.74, 6) is -1.07. The summed E-state index contributed by atoms with van der Waals surface area (Å²) in [7, 11) is 0. The molecule has 2 aliphatic rings. The lowest BCUT2D eigenvalue weighted by atomic mass is 10.1. The van der Waals surface area contributed by atoms with Gasteiger partial charge in [-0.15, -0.1) is 0 Å². The molecule has 43 heavy (non-hydrogen) atoms. The highest BCUT2D eigenvalue weighted by atomic mass is 32.1. The number of rotatable bonds is 10. The smallest absolute Gasteiger partial charge is 0.410 e. The molecule has 0 radical (unpaired) electrons. The van der Waals surface area contributed by atoms with E-state index in [1.54, 1.807) is 4.90 Å². The molecular formula is C27H31N5O10S. The zero-order valence-corrected chi connectivity index (χ0v) is 23.9. The van der Waals surface area contributed by atoms with Gasteiger partial charge in [0, 0.05) is 68.8 Å². The molecule has 15 nitrogen and oxygen atoms in total. The summed E-state index contributed by atoms with van der Waals surface area (Å²) in [6.45, 7) is 1.40. The number of β-amino-alcohol motifs (C(OH)–C–C–N with tert-alkyl or cyclic N) is 1. The maximum atomic E-state index is 13.4. The summed E-state index contributed by atoms with van der Waals surface area (Å²) in [6.07, 6.45) is -1.74. The molecular weight excluding hydrogens is 586 g/mol. The van der Waals surface area contributed by atoms with Crippen molar-refractivity contribution in [2.75, 3.05) is 39.3 Å². The molecule has 2 amide bonds. The lowest BCUT2D eigenvalue weighted by Gasteiger charge is -2.37. The minimum absolute atomic E-state index is 0.00433. The van der Waals surface area contributed by atoms with Crippen LogP contribution in [0.3, 0.4) is 0 Å². The summed E-state index contributed by atoms with van der Waals surface area (Å²) in [4.78, 5) is 63.8. The quantitative estimate of drug-likeness (QED) is 0.171. The molecule has 2 aromatic carbocycles. The Hall–Kier alpha value is -4.28. The second-order valence-electron chi connectivity index (χ2n) is 10.2. The number of aliphatic hydroxyl groups excluding tert-OH is 1. The van der Waals surface area contributed by atoms with E-state index in [2.05, 4.69) is 12.6 Å². The predicted octanol–water partition coefficient (Wildman–Crippen LogP) is 1.76. The number of nitro benzene ring substituents is 2. The third-order valence-electron chi connectivity index (χ3n) is 7.22. The number of nitrogens with zero attached hydrogens (tertiary/aromatic N) is 5. The van der Waals surface area contributed by atoms with Crippen molar-refractivity contribution < 1.29 is 38.8 Å². The largest absolute Gasteiger partial charge is 0.459 e. The number of carbonyl (C=O) groups is 3. The average molecular weight is 618 g/mol. The van der Waals surface area contributed by atoms with Gasteiger partial charge in [0.15, 0.2) is 6.10 Å². The zero-order valence-electron chi connectivity index (χ0n) is 23.0. The van der Waals surface area contributed by atoms with Crippen LogP contribution in [-0.4, -0.2) is 104 Å². The van der Waals surface area contributed by atoms with Crippen molar-refractivity contribution in [1.29, 1.82) is 0 Å². The molecule has 230 valence electrons. The van der Waals surface area contributed by atoms with Gasteiger partial charge in [-0.2, -0.15) is 12.6 Å². The zero-order chi connectivity index (χ0) is 31.1. The molecule has 2 heterocycles. The average Bonchev–Trinajstić information content (AvgIpc) is 3.40. The van der Waals surface area contributed by atoms with E-state index in [1.165, 1.54) is 53.4 Å². The minimum atomic E-state index is -1.42. The Kier molecular flexibility index (Phi) is 10.5. The monoisotopic (exact) mass is 617 g/mol. The van der Waals surface area contributed by atoms with Crippen molar-refractivity contribution in [2.24, 2.45) is 0 Å². The number of piperazine rings is 1. The highest BCUT2D eigenvalue weighted by Crippen LogP contribution is 2.25. The number of hydrogen-bond acceptors (Lipinski definition) is 12. The lowest BCUT2D eigenvalue weighted by molar-refractivity contribution is -0.385. The van der Waals surface area contributed by atoms with Gasteiger partial charge < -0.3 is 19.5 Å². The number of amides is 2. The van der Waals surface area contributed by atoms with E-state index in [0.29, 0.717) is 43.7 Å². The second kappa shape index (κ2) is 14.3. The van der Waals surface area contributed by atoms with Crippen LogP contribution in [0.4, 0.5) is 16.2 Å². The fourth-order valence-electron chi connectivity index (χ4n) is 4.84. The van der Waals surface area contributed by atoms with Crippen LogP contribution in [-0.2, 0) is 32.3 Å². The Morgan fingerprint density at radius 3 is 1.91 bits per heavy atom. The summed E-state index contributed by atoms with van der Waals surface area (Å²) in [6, 6.07) is 10.4. The Morgan fingerprint density at radius 2 is 1.40 bits per heavy atom. The number of hydrogen-bond donors (Lipinski definition) is 2. The van der Waals surface area contributed by atoms with Gasteiger partial charge in [-0.05, 0) is 41.8 Å². The van der Waals surface area contributed by atoms with Crippen molar-refractivity contribution >= 4 is 42.0 Å². The normalized spacial score (nSPS) is 19.5. The molecule has 3 atom stereocenters. The third-order valence-corrected chi connectivity index (χ3v) is 7.60. The SMILES string of the molecule is O=C(OCc1ccc([N+](=O)[O-])cc1)C(O)CN1CCN(C(=O)[C@@H]2C[C@H](S)CN2C(=O)OCc2ccc([N+](=O)[O-])cc2)CC1. The van der Waals surface area contributed by atoms with Crippen molar-refractivity contribution in [3.63, 3.8) is 0 Å². The number of thiol groups is 1. The number of non-ortho nitro benzene ring substituents is 2. The Bertz CT molecular complexity index is 1330. The van der Waals surface area contributed by atoms with E-state index >= 15 is 0 Å². The summed E-state index contributed by atoms with van der Waals surface area (Å²) in [5.41, 5.74) is 0.945. The molecule has 2 aliphatic heterocycles. The number of aliphatic hydroxyl groups is 1. The van der Waals surface area contributed by atoms with Gasteiger partial charge in [0.1, 0.15) is 19.3 Å². The number of ether oxygens (including phenoxy) is 2. The number of likely N-dealkylation sites (tertiary alicyclic amines) is 1. The summed E-state index contributed by atoms with van der Waals surface area (Å²) in [5, 5.41) is 31.7. The molecule has 16 heteroatoms. The number of carbonyl (C=O) groups excluding carboxylic acids is 3. The van der Waals surface area contributed by atoms with Crippen LogP contribution < -0.4 is 0 Å². The molecule has 0 aromatic heterocycles. The molecule has 0 spiro atoms. The first kappa shape index (κ1) is 31.7. The molecule has 0 aliphatic carbocycles. The van der Waals surface area contributed by atoms with Crippen LogP contribution in [0.25, 0.3) is 0 Å². The van der Waals surface area contributed by atoms with Gasteiger partial charge in [-0.1, -0.05) is 0 Å². The number of esters is 1. The van der Waals surface area contributed by atoms with E-state index < -0.39 is 34.1 Å². The van der Waals surface area contributed by atoms with Crippen LogP contribution >= 0.6 is 12.6 Å². The van der Waals surface area contributed by atoms with Gasteiger partial charge in [0.2, 0.25) is 5.91 Å². The van der Waals surface area contributed by atoms with E-state index in [1.807, 2.05) is 4.90 Å². The van der Waals surface area contributed by atoms with Crippen molar-refractivity contribution in [3.05, 3.63) is 79.9 Å². The second-order valence-corrected chi connectivity index (χ2v) is 10.9. The summed E-state index contributed by atoms with van der Waals surface area (Å²) >= 11 is 4.47. The molecule has 2 saturated heterocycles. The Labute approximate surface area is 251 Å². The van der Waals surface area contributed by atoms with E-state index in [-0.39, 0.29) is 48.8 Å². The van der Waals surface area contributed by atoms with Crippen molar-refractivity contribution in [2.45, 2.75) is 37.0 Å². The van der Waals surface area contributed by atoms with Crippen molar-refractivity contribution in [1.82, 2.24) is 14.7 Å². The first-order valence-electron chi connectivity index (χ1n) is 13.5. The van der Waals surface area contributed by atoms with Crippen LogP contribution in [0.2, 0.25) is 0 Å². The molecule has 2 aromatic rings. The topological polar surface area (TPSA) is 186 Å². The van der Waals surface area contributed by atoms with E-state index in [4.69, 9.17) is 9.47 Å². The van der Waals surface area contributed by atoms with E-state index in [0.717, 1.165) is 0 Å². The van der Waals surface area contributed by atoms with Crippen LogP contribution in [0.15, 0.2) is 48.5 Å². The molecule has 1 N–H and O–H groups in total. The standard InChI is InChI=1S/C27H31N5O10S/c33-24(26(35)41-16-18-1-5-20(6-2-18)31(37)38)15-28-9-11-29(12-10-28)25(34)23-13-22(43)14-30(23)27(36)42-17-19-3-7-21(8-4-19)32(39)40/h1-8,22-24,33,43H,9-17H2/t22-,23-,24?/m0/s1. The number of nitro groups is 2. The fraction of sp³-hybridized carbons (Fsp3) is 0.444. The highest BCUT2D eigenvalue weighted by molar-refractivity contribution is 7.81. The minimum Gasteiger partial charge on any atom is -0.459 e. The van der Waals surface area contributed by atoms with Crippen LogP contribution in [0, 0.1) is 20.2 Å². The first-order chi connectivity index (χ1) is 20.5. The van der Waals surface area contributed by atoms with Gasteiger partial charge >= 0.3 is 12.1 Å². The Morgan fingerprint density at radius 1 is 0.884 bits per heavy atom. The van der Waals surface area contributed by atoms with Gasteiger partial charge in [-0.25, -0.2) is 9.59 Å². The van der Waals surface area contributed by atoms with Gasteiger partial charge in [-0.3, -0.25) is 34.8 Å². The van der Waals surface area contributed by atoms with Gasteiger partial charge in [0.05, 0.1) is 9.85 Å². The molecule has 0 bridgehead atoms. The first-order valence-corrected chi connectivity index (χ1v) is 14.0. The maximum absolute atomic E-state index is 13.4. The van der Waals surface area contributed by atoms with Gasteiger partial charge in [0.25, 0.3) is 11.4 Å². The Balaban J connectivity index is 1.22. The molecule has 4 rings (SSSR count). The predicted molar refractivity (Wildman–Crippen MR) is 153 cm³/mol. The highest BCUT2D eigenvalue weighted by Gasteiger charge is 2.41. The fourth-order valence-corrected chi connectivity index (χ4v) is 5.21. The van der Waals surface area contributed by atoms with Crippen LogP contribution in [0.1, 0.15) is 17.5 Å². The number of benzene rings is 2. The third kappa shape index (κ3) is 8.39. The van der Waals surface area contributed by atoms with Crippen LogP contribution in [0.5, 0.6) is 0 Å². The molecule has 2 fully saturated rings. The molecule has 1 unspecified atom stereocenters. The summed E-state index contributed by atoms with van der Waals surface area (Å²) < 4.78 is 10.5.